The van der Waals surface area contributed by atoms with E-state index in [4.69, 9.17) is 10.6 Å². The summed E-state index contributed by atoms with van der Waals surface area (Å²) in [5.41, 5.74) is 0.595. The lowest BCUT2D eigenvalue weighted by atomic mass is 10.1. The van der Waals surface area contributed by atoms with Crippen LogP contribution < -0.4 is 10.6 Å². The van der Waals surface area contributed by atoms with Crippen molar-refractivity contribution in [3.8, 4) is 5.75 Å². The highest BCUT2D eigenvalue weighted by Gasteiger charge is 2.14. The van der Waals surface area contributed by atoms with Crippen LogP contribution in [-0.4, -0.2) is 18.6 Å². The van der Waals surface area contributed by atoms with Crippen LogP contribution in [0.2, 0.25) is 0 Å². The number of nitro groups is 1. The summed E-state index contributed by atoms with van der Waals surface area (Å²) in [6.07, 6.45) is 0.400. The number of nitrogens with two attached hydrogens (primary N) is 1. The van der Waals surface area contributed by atoms with Crippen LogP contribution in [0.1, 0.15) is 5.56 Å². The maximum atomic E-state index is 10.7. The lowest BCUT2D eigenvalue weighted by molar-refractivity contribution is -0.385. The van der Waals surface area contributed by atoms with Gasteiger partial charge in [0, 0.05) is 12.0 Å². The molecule has 1 rings (SSSR count). The van der Waals surface area contributed by atoms with E-state index >= 15 is 0 Å². The Bertz CT molecular complexity index is 354. The maximum absolute atomic E-state index is 10.7. The van der Waals surface area contributed by atoms with E-state index in [1.165, 1.54) is 13.2 Å². The zero-order valence-electron chi connectivity index (χ0n) is 8.30. The molecule has 0 aliphatic rings. The Hall–Kier alpha value is -1.66. The summed E-state index contributed by atoms with van der Waals surface area (Å²) in [6.45, 7) is 0.243. The first-order valence-corrected chi connectivity index (χ1v) is 4.32. The summed E-state index contributed by atoms with van der Waals surface area (Å²) >= 11 is 0. The Morgan fingerprint density at radius 3 is 2.80 bits per heavy atom. The van der Waals surface area contributed by atoms with Gasteiger partial charge in [0.25, 0.3) is 5.69 Å². The molecule has 0 atom stereocenters. The Balaban J connectivity index is 2.98. The van der Waals surface area contributed by atoms with E-state index in [1.807, 2.05) is 0 Å². The molecule has 0 heterocycles. The van der Waals surface area contributed by atoms with Gasteiger partial charge in [-0.05, 0) is 12.1 Å². The number of methoxy groups -OCH3 is 1. The van der Waals surface area contributed by atoms with Gasteiger partial charge in [-0.15, -0.1) is 0 Å². The standard InChI is InChI=1S/C9H12N2O4/c1-14-8-3-2-7(4-5-15-10)9(6-8)11(12)13/h2-3,6H,4-5,10H2,1H3. The van der Waals surface area contributed by atoms with Crippen molar-refractivity contribution in [2.75, 3.05) is 13.7 Å². The fourth-order valence-corrected chi connectivity index (χ4v) is 1.22. The Morgan fingerprint density at radius 1 is 1.53 bits per heavy atom. The average molecular weight is 212 g/mol. The van der Waals surface area contributed by atoms with Crippen LogP contribution in [0.5, 0.6) is 5.75 Å². The van der Waals surface area contributed by atoms with E-state index in [0.717, 1.165) is 0 Å². The van der Waals surface area contributed by atoms with Gasteiger partial charge in [0.2, 0.25) is 0 Å². The number of ether oxygens (including phenoxy) is 1. The normalized spacial score (nSPS) is 10.0. The molecule has 0 aliphatic heterocycles. The fourth-order valence-electron chi connectivity index (χ4n) is 1.22. The van der Waals surface area contributed by atoms with Crippen molar-refractivity contribution in [3.63, 3.8) is 0 Å². The van der Waals surface area contributed by atoms with Gasteiger partial charge in [-0.25, -0.2) is 5.90 Å². The van der Waals surface area contributed by atoms with Crippen molar-refractivity contribution >= 4 is 5.69 Å². The van der Waals surface area contributed by atoms with E-state index in [0.29, 0.717) is 17.7 Å². The molecular weight excluding hydrogens is 200 g/mol. The zero-order valence-corrected chi connectivity index (χ0v) is 8.30. The van der Waals surface area contributed by atoms with Crippen LogP contribution in [0.3, 0.4) is 0 Å². The second-order valence-corrected chi connectivity index (χ2v) is 2.87. The molecule has 2 N–H and O–H groups in total. The summed E-state index contributed by atoms with van der Waals surface area (Å²) in [6, 6.07) is 4.68. The number of nitrogens with zero attached hydrogens (tertiary/aromatic N) is 1. The predicted octanol–water partition coefficient (Wildman–Crippen LogP) is 1.04. The van der Waals surface area contributed by atoms with Gasteiger partial charge in [0.1, 0.15) is 5.75 Å². The van der Waals surface area contributed by atoms with Crippen molar-refractivity contribution in [2.24, 2.45) is 5.90 Å². The molecule has 6 heteroatoms. The van der Waals surface area contributed by atoms with Crippen molar-refractivity contribution < 1.29 is 14.5 Å². The highest BCUT2D eigenvalue weighted by Crippen LogP contribution is 2.24. The van der Waals surface area contributed by atoms with Gasteiger partial charge in [0.15, 0.2) is 0 Å². The molecular formula is C9H12N2O4. The topological polar surface area (TPSA) is 87.6 Å². The molecule has 82 valence electrons. The van der Waals surface area contributed by atoms with Crippen molar-refractivity contribution in [3.05, 3.63) is 33.9 Å². The predicted molar refractivity (Wildman–Crippen MR) is 53.5 cm³/mol. The van der Waals surface area contributed by atoms with Gasteiger partial charge in [-0.3, -0.25) is 10.1 Å². The SMILES string of the molecule is COc1ccc(CCON)c([N+](=O)[O-])c1. The second-order valence-electron chi connectivity index (χ2n) is 2.87. The van der Waals surface area contributed by atoms with Crippen LogP contribution in [0, 0.1) is 10.1 Å². The summed E-state index contributed by atoms with van der Waals surface area (Å²) in [5, 5.41) is 10.7. The monoisotopic (exact) mass is 212 g/mol. The van der Waals surface area contributed by atoms with Gasteiger partial charge >= 0.3 is 0 Å². The van der Waals surface area contributed by atoms with Crippen LogP contribution >= 0.6 is 0 Å². The first-order chi connectivity index (χ1) is 7.19. The summed E-state index contributed by atoms with van der Waals surface area (Å²) < 4.78 is 4.90. The number of hydrogen-bond donors (Lipinski definition) is 1. The molecule has 15 heavy (non-hydrogen) atoms. The number of hydrogen-bond acceptors (Lipinski definition) is 5. The summed E-state index contributed by atoms with van der Waals surface area (Å²) in [4.78, 5) is 14.7. The largest absolute Gasteiger partial charge is 0.497 e. The van der Waals surface area contributed by atoms with E-state index in [9.17, 15) is 10.1 Å². The smallest absolute Gasteiger partial charge is 0.276 e. The van der Waals surface area contributed by atoms with Crippen LogP contribution in [0.25, 0.3) is 0 Å². The molecule has 0 radical (unpaired) electrons. The van der Waals surface area contributed by atoms with E-state index in [2.05, 4.69) is 4.84 Å². The van der Waals surface area contributed by atoms with E-state index in [-0.39, 0.29) is 12.3 Å². The maximum Gasteiger partial charge on any atom is 0.276 e. The quantitative estimate of drug-likeness (QED) is 0.581. The molecule has 1 aromatic carbocycles. The molecule has 6 nitrogen and oxygen atoms in total. The minimum atomic E-state index is -0.450. The van der Waals surface area contributed by atoms with E-state index in [1.54, 1.807) is 12.1 Å². The van der Waals surface area contributed by atoms with Crippen LogP contribution in [0.4, 0.5) is 5.69 Å². The summed E-state index contributed by atoms with van der Waals surface area (Å²) in [5.74, 6) is 5.32. The molecule has 0 unspecified atom stereocenters. The third-order valence-electron chi connectivity index (χ3n) is 1.98. The highest BCUT2D eigenvalue weighted by atomic mass is 16.6. The lowest BCUT2D eigenvalue weighted by Crippen LogP contribution is -2.05. The van der Waals surface area contributed by atoms with Crippen molar-refractivity contribution in [2.45, 2.75) is 6.42 Å². The molecule has 0 fully saturated rings. The van der Waals surface area contributed by atoms with Gasteiger partial charge < -0.3 is 9.57 Å². The molecule has 0 bridgehead atoms. The molecule has 0 aliphatic carbocycles. The molecule has 0 spiro atoms. The number of nitro benzene ring substituents is 1. The third kappa shape index (κ3) is 2.90. The average Bonchev–Trinajstić information content (AvgIpc) is 2.26. The Morgan fingerprint density at radius 2 is 2.27 bits per heavy atom. The lowest BCUT2D eigenvalue weighted by Gasteiger charge is -2.04. The van der Waals surface area contributed by atoms with Crippen LogP contribution in [0.15, 0.2) is 18.2 Å². The zero-order chi connectivity index (χ0) is 11.3. The second kappa shape index (κ2) is 5.28. The molecule has 0 amide bonds. The molecule has 0 saturated carbocycles. The first kappa shape index (κ1) is 11.4. The molecule has 0 saturated heterocycles. The molecule has 0 aromatic heterocycles. The first-order valence-electron chi connectivity index (χ1n) is 4.32. The van der Waals surface area contributed by atoms with Crippen LogP contribution in [-0.2, 0) is 11.3 Å². The number of benzene rings is 1. The van der Waals surface area contributed by atoms with Gasteiger partial charge in [-0.1, -0.05) is 0 Å². The minimum absolute atomic E-state index is 0.0198. The van der Waals surface area contributed by atoms with Crippen molar-refractivity contribution in [1.29, 1.82) is 0 Å². The minimum Gasteiger partial charge on any atom is -0.497 e. The van der Waals surface area contributed by atoms with E-state index < -0.39 is 4.92 Å². The highest BCUT2D eigenvalue weighted by molar-refractivity contribution is 5.46. The molecule has 1 aromatic rings. The summed E-state index contributed by atoms with van der Waals surface area (Å²) in [7, 11) is 1.46. The van der Waals surface area contributed by atoms with Gasteiger partial charge in [0.05, 0.1) is 24.7 Å². The van der Waals surface area contributed by atoms with Gasteiger partial charge in [-0.2, -0.15) is 0 Å². The Labute approximate surface area is 86.7 Å². The third-order valence-corrected chi connectivity index (χ3v) is 1.98. The van der Waals surface area contributed by atoms with Crippen molar-refractivity contribution in [1.82, 2.24) is 0 Å². The fraction of sp³-hybridized carbons (Fsp3) is 0.333. The number of rotatable bonds is 5. The Kier molecular flexibility index (Phi) is 4.02.